The van der Waals surface area contributed by atoms with Crippen molar-refractivity contribution in [2.24, 2.45) is 5.92 Å². The van der Waals surface area contributed by atoms with Crippen LogP contribution in [0.4, 0.5) is 4.79 Å². The van der Waals surface area contributed by atoms with E-state index < -0.39 is 0 Å². The summed E-state index contributed by atoms with van der Waals surface area (Å²) in [5, 5.41) is 0. The molecule has 0 radical (unpaired) electrons. The summed E-state index contributed by atoms with van der Waals surface area (Å²) >= 11 is 0. The van der Waals surface area contributed by atoms with E-state index in [1.807, 2.05) is 48.5 Å². The van der Waals surface area contributed by atoms with Gasteiger partial charge < -0.3 is 14.4 Å². The third-order valence-corrected chi connectivity index (χ3v) is 4.18. The van der Waals surface area contributed by atoms with Crippen LogP contribution in [-0.4, -0.2) is 30.1 Å². The molecule has 25 heavy (non-hydrogen) atoms. The maximum atomic E-state index is 12.3. The maximum Gasteiger partial charge on any atom is 0.410 e. The number of benzene rings is 2. The fraction of sp³-hybridized carbons (Fsp3) is 0.300. The number of rotatable bonds is 4. The van der Waals surface area contributed by atoms with E-state index in [1.165, 1.54) is 0 Å². The lowest BCUT2D eigenvalue weighted by Crippen LogP contribution is -2.43. The van der Waals surface area contributed by atoms with Crippen molar-refractivity contribution in [3.8, 4) is 5.75 Å². The van der Waals surface area contributed by atoms with Gasteiger partial charge >= 0.3 is 12.1 Å². The minimum atomic E-state index is -0.388. The second kappa shape index (κ2) is 8.33. The van der Waals surface area contributed by atoms with Crippen LogP contribution < -0.4 is 4.74 Å². The third-order valence-electron chi connectivity index (χ3n) is 4.18. The first-order valence-corrected chi connectivity index (χ1v) is 8.45. The number of carbonyl (C=O) groups is 2. The molecule has 0 N–H and O–H groups in total. The van der Waals surface area contributed by atoms with Gasteiger partial charge in [-0.2, -0.15) is 0 Å². The standard InChI is InChI=1S/C20H21NO4/c22-19(25-18-11-5-2-6-12-18)17-10-7-13-21(14-17)20(23)24-15-16-8-3-1-4-9-16/h1-6,8-9,11-12,17H,7,10,13-15H2. The molecule has 0 bridgehead atoms. The number of piperidine rings is 1. The van der Waals surface area contributed by atoms with Gasteiger partial charge in [0.05, 0.1) is 5.92 Å². The Hall–Kier alpha value is -2.82. The van der Waals surface area contributed by atoms with Crippen molar-refractivity contribution in [1.29, 1.82) is 0 Å². The Labute approximate surface area is 147 Å². The van der Waals surface area contributed by atoms with Crippen LogP contribution in [0.2, 0.25) is 0 Å². The predicted molar refractivity (Wildman–Crippen MR) is 93.0 cm³/mol. The molecule has 0 saturated carbocycles. The summed E-state index contributed by atoms with van der Waals surface area (Å²) < 4.78 is 10.7. The molecule has 1 fully saturated rings. The molecule has 130 valence electrons. The van der Waals surface area contributed by atoms with Crippen LogP contribution in [0.15, 0.2) is 60.7 Å². The minimum Gasteiger partial charge on any atom is -0.445 e. The molecule has 1 atom stereocenters. The average Bonchev–Trinajstić information content (AvgIpc) is 2.68. The van der Waals surface area contributed by atoms with Gasteiger partial charge in [0.25, 0.3) is 0 Å². The lowest BCUT2D eigenvalue weighted by molar-refractivity contribution is -0.140. The van der Waals surface area contributed by atoms with Crippen molar-refractivity contribution in [3.05, 3.63) is 66.2 Å². The zero-order valence-corrected chi connectivity index (χ0v) is 14.0. The number of nitrogens with zero attached hydrogens (tertiary/aromatic N) is 1. The fourth-order valence-electron chi connectivity index (χ4n) is 2.83. The van der Waals surface area contributed by atoms with Crippen LogP contribution in [0.1, 0.15) is 18.4 Å². The highest BCUT2D eigenvalue weighted by Crippen LogP contribution is 2.20. The quantitative estimate of drug-likeness (QED) is 0.630. The number of amides is 1. The number of ether oxygens (including phenoxy) is 2. The SMILES string of the molecule is O=C(Oc1ccccc1)C1CCCN(C(=O)OCc2ccccc2)C1. The second-order valence-corrected chi connectivity index (χ2v) is 6.06. The molecule has 2 aromatic rings. The van der Waals surface area contributed by atoms with Gasteiger partial charge in [-0.1, -0.05) is 48.5 Å². The molecule has 0 spiro atoms. The van der Waals surface area contributed by atoms with E-state index in [0.29, 0.717) is 25.3 Å². The lowest BCUT2D eigenvalue weighted by Gasteiger charge is -2.30. The Morgan fingerprint density at radius 1 is 1.00 bits per heavy atom. The molecule has 0 aromatic heterocycles. The maximum absolute atomic E-state index is 12.3. The topological polar surface area (TPSA) is 55.8 Å². The summed E-state index contributed by atoms with van der Waals surface area (Å²) in [5.41, 5.74) is 0.938. The van der Waals surface area contributed by atoms with Crippen molar-refractivity contribution in [3.63, 3.8) is 0 Å². The monoisotopic (exact) mass is 339 g/mol. The molecular formula is C20H21NO4. The number of esters is 1. The van der Waals surface area contributed by atoms with E-state index in [0.717, 1.165) is 12.0 Å². The van der Waals surface area contributed by atoms with Gasteiger partial charge in [0.1, 0.15) is 12.4 Å². The molecule has 1 aliphatic rings. The van der Waals surface area contributed by atoms with Crippen LogP contribution >= 0.6 is 0 Å². The number of likely N-dealkylation sites (tertiary alicyclic amines) is 1. The highest BCUT2D eigenvalue weighted by atomic mass is 16.6. The summed E-state index contributed by atoms with van der Waals surface area (Å²) in [6.45, 7) is 1.16. The van der Waals surface area contributed by atoms with Crippen LogP contribution in [0, 0.1) is 5.92 Å². The largest absolute Gasteiger partial charge is 0.445 e. The summed E-state index contributed by atoms with van der Waals surface area (Å²) in [6, 6.07) is 18.5. The first-order chi connectivity index (χ1) is 12.2. The molecule has 1 aliphatic heterocycles. The van der Waals surface area contributed by atoms with E-state index in [9.17, 15) is 9.59 Å². The number of hydrogen-bond acceptors (Lipinski definition) is 4. The predicted octanol–water partition coefficient (Wildman–Crippen LogP) is 3.64. The first kappa shape index (κ1) is 17.0. The summed E-state index contributed by atoms with van der Waals surface area (Å²) in [7, 11) is 0. The van der Waals surface area contributed by atoms with Gasteiger partial charge in [-0.3, -0.25) is 4.79 Å². The second-order valence-electron chi connectivity index (χ2n) is 6.06. The molecule has 5 nitrogen and oxygen atoms in total. The van der Waals surface area contributed by atoms with Crippen molar-refractivity contribution >= 4 is 12.1 Å². The van der Waals surface area contributed by atoms with Crippen molar-refractivity contribution in [1.82, 2.24) is 4.90 Å². The zero-order chi connectivity index (χ0) is 17.5. The van der Waals surface area contributed by atoms with Gasteiger partial charge in [0.15, 0.2) is 0 Å². The van der Waals surface area contributed by atoms with Gasteiger partial charge in [0.2, 0.25) is 0 Å². The van der Waals surface area contributed by atoms with Crippen LogP contribution in [0.5, 0.6) is 5.75 Å². The van der Waals surface area contributed by atoms with Crippen molar-refractivity contribution in [2.75, 3.05) is 13.1 Å². The molecule has 1 unspecified atom stereocenters. The van der Waals surface area contributed by atoms with E-state index in [-0.39, 0.29) is 24.6 Å². The molecule has 1 heterocycles. The Bertz CT molecular complexity index is 702. The molecule has 1 saturated heterocycles. The summed E-state index contributed by atoms with van der Waals surface area (Å²) in [5.74, 6) is -0.0960. The van der Waals surface area contributed by atoms with Crippen molar-refractivity contribution < 1.29 is 19.1 Å². The van der Waals surface area contributed by atoms with Gasteiger partial charge in [-0.25, -0.2) is 4.79 Å². The van der Waals surface area contributed by atoms with Crippen LogP contribution in [-0.2, 0) is 16.1 Å². The first-order valence-electron chi connectivity index (χ1n) is 8.45. The van der Waals surface area contributed by atoms with Gasteiger partial charge in [-0.15, -0.1) is 0 Å². The molecule has 2 aromatic carbocycles. The molecular weight excluding hydrogens is 318 g/mol. The fourth-order valence-corrected chi connectivity index (χ4v) is 2.83. The highest BCUT2D eigenvalue weighted by Gasteiger charge is 2.30. The lowest BCUT2D eigenvalue weighted by atomic mass is 9.98. The Morgan fingerprint density at radius 2 is 1.68 bits per heavy atom. The van der Waals surface area contributed by atoms with E-state index in [1.54, 1.807) is 17.0 Å². The molecule has 3 rings (SSSR count). The Kier molecular flexibility index (Phi) is 5.67. The normalized spacial score (nSPS) is 17.0. The van der Waals surface area contributed by atoms with Gasteiger partial charge in [0, 0.05) is 13.1 Å². The Balaban J connectivity index is 1.51. The third kappa shape index (κ3) is 4.83. The zero-order valence-electron chi connectivity index (χ0n) is 14.0. The van der Waals surface area contributed by atoms with E-state index in [4.69, 9.17) is 9.47 Å². The summed E-state index contributed by atoms with van der Waals surface area (Å²) in [6.07, 6.45) is 1.09. The smallest absolute Gasteiger partial charge is 0.410 e. The van der Waals surface area contributed by atoms with Gasteiger partial charge in [-0.05, 0) is 30.5 Å². The number of carbonyl (C=O) groups excluding carboxylic acids is 2. The summed E-state index contributed by atoms with van der Waals surface area (Å²) in [4.78, 5) is 26.2. The number of hydrogen-bond donors (Lipinski definition) is 0. The highest BCUT2D eigenvalue weighted by molar-refractivity contribution is 5.77. The van der Waals surface area contributed by atoms with Crippen molar-refractivity contribution in [2.45, 2.75) is 19.4 Å². The van der Waals surface area contributed by atoms with E-state index in [2.05, 4.69) is 0 Å². The number of para-hydroxylation sites is 1. The molecule has 5 heteroatoms. The van der Waals surface area contributed by atoms with Crippen LogP contribution in [0.25, 0.3) is 0 Å². The van der Waals surface area contributed by atoms with E-state index >= 15 is 0 Å². The average molecular weight is 339 g/mol. The van der Waals surface area contributed by atoms with Crippen LogP contribution in [0.3, 0.4) is 0 Å². The minimum absolute atomic E-state index is 0.231. The molecule has 0 aliphatic carbocycles. The molecule has 1 amide bonds. The Morgan fingerprint density at radius 3 is 2.40 bits per heavy atom.